The molecule has 1 N–H and O–H groups in total. The summed E-state index contributed by atoms with van der Waals surface area (Å²) in [6.07, 6.45) is 2.56. The van der Waals surface area contributed by atoms with Crippen molar-refractivity contribution in [3.8, 4) is 5.75 Å². The zero-order valence-electron chi connectivity index (χ0n) is 10.1. The summed E-state index contributed by atoms with van der Waals surface area (Å²) in [6.45, 7) is 2.05. The van der Waals surface area contributed by atoms with Gasteiger partial charge in [-0.25, -0.2) is 9.59 Å². The zero-order chi connectivity index (χ0) is 13.1. The molecular weight excluding hydrogens is 232 g/mol. The molecule has 2 aromatic rings. The highest BCUT2D eigenvalue weighted by Crippen LogP contribution is 2.23. The number of phenols is 1. The van der Waals surface area contributed by atoms with Gasteiger partial charge in [0.15, 0.2) is 0 Å². The van der Waals surface area contributed by atoms with Crippen molar-refractivity contribution in [2.75, 3.05) is 0 Å². The van der Waals surface area contributed by atoms with Crippen LogP contribution in [0.15, 0.2) is 38.3 Å². The summed E-state index contributed by atoms with van der Waals surface area (Å²) in [6, 6.07) is 6.11. The molecule has 0 aliphatic carbocycles. The largest absolute Gasteiger partial charge is 0.507 e. The number of aromatic hydroxyl groups is 1. The summed E-state index contributed by atoms with van der Waals surface area (Å²) in [7, 11) is 0. The molecule has 2 rings (SSSR count). The van der Waals surface area contributed by atoms with Crippen LogP contribution < -0.4 is 11.3 Å². The van der Waals surface area contributed by atoms with E-state index >= 15 is 0 Å². The fraction of sp³-hybridized carbons (Fsp3) is 0.286. The number of hydrogen-bond acceptors (Lipinski definition) is 4. The third kappa shape index (κ3) is 2.27. The highest BCUT2D eigenvalue weighted by atomic mass is 16.4. The highest BCUT2D eigenvalue weighted by Gasteiger charge is 2.09. The lowest BCUT2D eigenvalue weighted by molar-refractivity contribution is 0.466. The van der Waals surface area contributed by atoms with Crippen molar-refractivity contribution in [2.45, 2.75) is 26.2 Å². The van der Waals surface area contributed by atoms with Gasteiger partial charge in [0.05, 0.1) is 0 Å². The first-order chi connectivity index (χ1) is 8.63. The molecule has 0 unspecified atom stereocenters. The number of aryl methyl sites for hydroxylation is 1. The Morgan fingerprint density at radius 2 is 2.06 bits per heavy atom. The molecule has 4 heteroatoms. The molecular formula is C14H14O4. The maximum atomic E-state index is 11.7. The van der Waals surface area contributed by atoms with Crippen molar-refractivity contribution in [1.29, 1.82) is 0 Å². The molecule has 1 aromatic carbocycles. The van der Waals surface area contributed by atoms with Gasteiger partial charge in [-0.05, 0) is 29.9 Å². The van der Waals surface area contributed by atoms with Crippen molar-refractivity contribution in [2.24, 2.45) is 0 Å². The molecule has 0 fully saturated rings. The summed E-state index contributed by atoms with van der Waals surface area (Å²) in [4.78, 5) is 23.2. The molecule has 0 radical (unpaired) electrons. The van der Waals surface area contributed by atoms with Gasteiger partial charge in [-0.15, -0.1) is 0 Å². The lowest BCUT2D eigenvalue weighted by atomic mass is 10.0. The van der Waals surface area contributed by atoms with Crippen LogP contribution in [-0.2, 0) is 6.42 Å². The Bertz CT molecular complexity index is 685. The Balaban J connectivity index is 2.87. The average Bonchev–Trinajstić information content (AvgIpc) is 2.45. The minimum atomic E-state index is -0.796. The third-order valence-electron chi connectivity index (χ3n) is 2.88. The minimum Gasteiger partial charge on any atom is -0.507 e. The van der Waals surface area contributed by atoms with Gasteiger partial charge in [-0.2, -0.15) is 0 Å². The fourth-order valence-corrected chi connectivity index (χ4v) is 1.99. The molecule has 0 bridgehead atoms. The predicted octanol–water partition coefficient (Wildman–Crippen LogP) is 2.20. The van der Waals surface area contributed by atoms with E-state index < -0.39 is 11.3 Å². The molecule has 0 amide bonds. The minimum absolute atomic E-state index is 0.0747. The number of benzene rings is 1. The van der Waals surface area contributed by atoms with Crippen molar-refractivity contribution < 1.29 is 9.52 Å². The van der Waals surface area contributed by atoms with Crippen molar-refractivity contribution >= 4 is 10.8 Å². The van der Waals surface area contributed by atoms with Crippen LogP contribution >= 0.6 is 0 Å². The van der Waals surface area contributed by atoms with E-state index in [9.17, 15) is 14.7 Å². The normalized spacial score (nSPS) is 10.7. The topological polar surface area (TPSA) is 67.5 Å². The van der Waals surface area contributed by atoms with Gasteiger partial charge < -0.3 is 9.52 Å². The third-order valence-corrected chi connectivity index (χ3v) is 2.88. The molecule has 0 aliphatic heterocycles. The second-order valence-corrected chi connectivity index (χ2v) is 4.18. The maximum absolute atomic E-state index is 11.7. The van der Waals surface area contributed by atoms with Gasteiger partial charge >= 0.3 is 11.3 Å². The summed E-state index contributed by atoms with van der Waals surface area (Å²) in [5.41, 5.74) is -0.740. The monoisotopic (exact) mass is 246 g/mol. The first-order valence-corrected chi connectivity index (χ1v) is 5.92. The first kappa shape index (κ1) is 12.4. The standard InChI is InChI=1S/C14H14O4/c1-2-3-5-9-8-12(16)18-14(17)13-10(9)6-4-7-11(13)15/h4,6-8,15H,2-3,5H2,1H3. The van der Waals surface area contributed by atoms with Crippen LogP contribution in [0.1, 0.15) is 25.3 Å². The van der Waals surface area contributed by atoms with Gasteiger partial charge in [-0.1, -0.05) is 25.5 Å². The second-order valence-electron chi connectivity index (χ2n) is 4.18. The van der Waals surface area contributed by atoms with Crippen LogP contribution in [0, 0.1) is 0 Å². The molecule has 4 nitrogen and oxygen atoms in total. The summed E-state index contributed by atoms with van der Waals surface area (Å²) in [5.74, 6) is -0.158. The van der Waals surface area contributed by atoms with E-state index in [1.807, 2.05) is 6.92 Å². The molecule has 0 spiro atoms. The maximum Gasteiger partial charge on any atom is 0.350 e. The Kier molecular flexibility index (Phi) is 3.46. The lowest BCUT2D eigenvalue weighted by Crippen LogP contribution is -2.03. The Morgan fingerprint density at radius 1 is 1.28 bits per heavy atom. The van der Waals surface area contributed by atoms with Gasteiger partial charge in [0.2, 0.25) is 0 Å². The van der Waals surface area contributed by atoms with Crippen molar-refractivity contribution in [3.05, 3.63) is 50.7 Å². The van der Waals surface area contributed by atoms with Crippen molar-refractivity contribution in [3.63, 3.8) is 0 Å². The smallest absolute Gasteiger partial charge is 0.350 e. The van der Waals surface area contributed by atoms with Crippen LogP contribution in [0.4, 0.5) is 0 Å². The molecule has 94 valence electrons. The average molecular weight is 246 g/mol. The van der Waals surface area contributed by atoms with Crippen LogP contribution in [0.5, 0.6) is 5.75 Å². The molecule has 1 aromatic heterocycles. The lowest BCUT2D eigenvalue weighted by Gasteiger charge is -2.01. The number of hydrogen-bond donors (Lipinski definition) is 1. The van der Waals surface area contributed by atoms with Gasteiger partial charge in [0.1, 0.15) is 11.1 Å². The van der Waals surface area contributed by atoms with Gasteiger partial charge in [-0.3, -0.25) is 0 Å². The molecule has 0 atom stereocenters. The Hall–Kier alpha value is -2.10. The molecule has 1 heterocycles. The van der Waals surface area contributed by atoms with Crippen LogP contribution in [-0.4, -0.2) is 5.11 Å². The van der Waals surface area contributed by atoms with E-state index in [2.05, 4.69) is 4.42 Å². The van der Waals surface area contributed by atoms with E-state index in [1.165, 1.54) is 12.1 Å². The van der Waals surface area contributed by atoms with Crippen molar-refractivity contribution in [1.82, 2.24) is 0 Å². The van der Waals surface area contributed by atoms with E-state index in [1.54, 1.807) is 12.1 Å². The predicted molar refractivity (Wildman–Crippen MR) is 69.0 cm³/mol. The van der Waals surface area contributed by atoms with E-state index in [-0.39, 0.29) is 11.1 Å². The zero-order valence-corrected chi connectivity index (χ0v) is 10.1. The summed E-state index contributed by atoms with van der Waals surface area (Å²) >= 11 is 0. The van der Waals surface area contributed by atoms with E-state index in [4.69, 9.17) is 0 Å². The molecule has 18 heavy (non-hydrogen) atoms. The second kappa shape index (κ2) is 5.04. The number of phenolic OH excluding ortho intramolecular Hbond substituents is 1. The van der Waals surface area contributed by atoms with Gasteiger partial charge in [0.25, 0.3) is 0 Å². The van der Waals surface area contributed by atoms with Crippen LogP contribution in [0.25, 0.3) is 10.8 Å². The Labute approximate surface area is 104 Å². The first-order valence-electron chi connectivity index (χ1n) is 5.92. The Morgan fingerprint density at radius 3 is 2.78 bits per heavy atom. The highest BCUT2D eigenvalue weighted by molar-refractivity contribution is 5.88. The summed E-state index contributed by atoms with van der Waals surface area (Å²) in [5, 5.41) is 10.4. The van der Waals surface area contributed by atoms with Crippen LogP contribution in [0.3, 0.4) is 0 Å². The molecule has 0 aliphatic rings. The van der Waals surface area contributed by atoms with E-state index in [0.717, 1.165) is 18.4 Å². The summed E-state index contributed by atoms with van der Waals surface area (Å²) < 4.78 is 4.61. The SMILES string of the molecule is CCCCc1cc(=O)oc(=O)c2c(O)cccc12. The van der Waals surface area contributed by atoms with E-state index in [0.29, 0.717) is 11.8 Å². The number of fused-ring (bicyclic) bond motifs is 1. The number of unbranched alkanes of at least 4 members (excludes halogenated alkanes) is 1. The number of rotatable bonds is 3. The fourth-order valence-electron chi connectivity index (χ4n) is 1.99. The van der Waals surface area contributed by atoms with Gasteiger partial charge in [0, 0.05) is 6.07 Å². The quantitative estimate of drug-likeness (QED) is 0.901. The van der Waals surface area contributed by atoms with Crippen LogP contribution in [0.2, 0.25) is 0 Å². The molecule has 0 saturated heterocycles. The molecule has 0 saturated carbocycles.